The van der Waals surface area contributed by atoms with Gasteiger partial charge in [0.05, 0.1) is 0 Å². The second kappa shape index (κ2) is 7.19. The summed E-state index contributed by atoms with van der Waals surface area (Å²) >= 11 is 5.97. The van der Waals surface area contributed by atoms with Crippen molar-refractivity contribution in [3.63, 3.8) is 0 Å². The van der Waals surface area contributed by atoms with Crippen LogP contribution in [-0.4, -0.2) is 33.0 Å². The first kappa shape index (κ1) is 16.0. The SMILES string of the molecule is Clc1ccc(Nc2nc(N3CCCCCC3)nc3nccnc23)cc1. The third kappa shape index (κ3) is 3.64. The second-order valence-corrected chi connectivity index (χ2v) is 6.57. The predicted octanol–water partition coefficient (Wildman–Crippen LogP) is 4.20. The van der Waals surface area contributed by atoms with E-state index < -0.39 is 0 Å². The first-order valence-electron chi connectivity index (χ1n) is 8.56. The molecule has 0 saturated carbocycles. The van der Waals surface area contributed by atoms with Gasteiger partial charge in [-0.1, -0.05) is 24.4 Å². The summed E-state index contributed by atoms with van der Waals surface area (Å²) in [7, 11) is 0. The van der Waals surface area contributed by atoms with Crippen molar-refractivity contribution in [3.8, 4) is 0 Å². The van der Waals surface area contributed by atoms with Gasteiger partial charge >= 0.3 is 0 Å². The largest absolute Gasteiger partial charge is 0.341 e. The number of nitrogens with zero attached hydrogens (tertiary/aromatic N) is 5. The van der Waals surface area contributed by atoms with Crippen molar-refractivity contribution in [2.45, 2.75) is 25.7 Å². The molecule has 25 heavy (non-hydrogen) atoms. The summed E-state index contributed by atoms with van der Waals surface area (Å²) in [6, 6.07) is 7.51. The standard InChI is InChI=1S/C18H19ClN6/c19-13-5-7-14(8-6-13)22-17-15-16(21-10-9-20-15)23-18(24-17)25-11-3-1-2-4-12-25/h5-10H,1-4,11-12H2,(H,21,22,23,24). The summed E-state index contributed by atoms with van der Waals surface area (Å²) in [5.74, 6) is 1.38. The molecule has 1 aliphatic rings. The van der Waals surface area contributed by atoms with Crippen LogP contribution in [0.2, 0.25) is 5.02 Å². The highest BCUT2D eigenvalue weighted by Crippen LogP contribution is 2.25. The lowest BCUT2D eigenvalue weighted by Crippen LogP contribution is -2.26. The van der Waals surface area contributed by atoms with Crippen LogP contribution in [0.1, 0.15) is 25.7 Å². The van der Waals surface area contributed by atoms with Gasteiger partial charge in [-0.2, -0.15) is 9.97 Å². The highest BCUT2D eigenvalue weighted by molar-refractivity contribution is 6.30. The summed E-state index contributed by atoms with van der Waals surface area (Å²) < 4.78 is 0. The summed E-state index contributed by atoms with van der Waals surface area (Å²) in [5.41, 5.74) is 2.17. The third-order valence-electron chi connectivity index (χ3n) is 4.32. The van der Waals surface area contributed by atoms with Gasteiger partial charge in [-0.3, -0.25) is 0 Å². The van der Waals surface area contributed by atoms with Crippen LogP contribution in [0.4, 0.5) is 17.5 Å². The van der Waals surface area contributed by atoms with E-state index >= 15 is 0 Å². The van der Waals surface area contributed by atoms with E-state index in [2.05, 4.69) is 25.2 Å². The fourth-order valence-electron chi connectivity index (χ4n) is 3.02. The summed E-state index contributed by atoms with van der Waals surface area (Å²) in [6.45, 7) is 1.96. The minimum atomic E-state index is 0.605. The number of halogens is 1. The Balaban J connectivity index is 1.74. The Bertz CT molecular complexity index is 859. The molecule has 1 saturated heterocycles. The number of hydrogen-bond acceptors (Lipinski definition) is 6. The van der Waals surface area contributed by atoms with Crippen molar-refractivity contribution >= 4 is 40.2 Å². The maximum absolute atomic E-state index is 5.97. The quantitative estimate of drug-likeness (QED) is 0.760. The van der Waals surface area contributed by atoms with E-state index in [1.165, 1.54) is 25.7 Å². The van der Waals surface area contributed by atoms with Crippen molar-refractivity contribution < 1.29 is 0 Å². The zero-order valence-corrected chi connectivity index (χ0v) is 14.6. The number of hydrogen-bond donors (Lipinski definition) is 1. The van der Waals surface area contributed by atoms with Gasteiger partial charge in [0.1, 0.15) is 0 Å². The topological polar surface area (TPSA) is 66.8 Å². The lowest BCUT2D eigenvalue weighted by molar-refractivity contribution is 0.726. The summed E-state index contributed by atoms with van der Waals surface area (Å²) in [5, 5.41) is 4.03. The fraction of sp³-hybridized carbons (Fsp3) is 0.333. The van der Waals surface area contributed by atoms with E-state index in [0.29, 0.717) is 28.0 Å². The number of anilines is 3. The Labute approximate surface area is 151 Å². The molecule has 6 nitrogen and oxygen atoms in total. The Hall–Kier alpha value is -2.47. The molecular formula is C18H19ClN6. The molecule has 0 amide bonds. The fourth-order valence-corrected chi connectivity index (χ4v) is 3.15. The minimum absolute atomic E-state index is 0.605. The second-order valence-electron chi connectivity index (χ2n) is 6.13. The van der Waals surface area contributed by atoms with Gasteiger partial charge in [-0.05, 0) is 37.1 Å². The van der Waals surface area contributed by atoms with Crippen LogP contribution in [0.5, 0.6) is 0 Å². The Kier molecular flexibility index (Phi) is 4.61. The van der Waals surface area contributed by atoms with Crippen molar-refractivity contribution in [2.75, 3.05) is 23.3 Å². The molecule has 0 radical (unpaired) electrons. The molecule has 128 valence electrons. The number of aromatic nitrogens is 4. The Morgan fingerprint density at radius 3 is 2.36 bits per heavy atom. The monoisotopic (exact) mass is 354 g/mol. The zero-order chi connectivity index (χ0) is 17.1. The number of rotatable bonds is 3. The molecule has 3 aromatic rings. The average molecular weight is 355 g/mol. The smallest absolute Gasteiger partial charge is 0.229 e. The molecule has 0 atom stereocenters. The predicted molar refractivity (Wildman–Crippen MR) is 101 cm³/mol. The van der Waals surface area contributed by atoms with E-state index in [1.807, 2.05) is 24.3 Å². The van der Waals surface area contributed by atoms with E-state index in [9.17, 15) is 0 Å². The molecule has 0 bridgehead atoms. The van der Waals surface area contributed by atoms with Gasteiger partial charge in [-0.15, -0.1) is 0 Å². The molecule has 0 spiro atoms. The first-order valence-corrected chi connectivity index (χ1v) is 8.94. The van der Waals surface area contributed by atoms with Gasteiger partial charge in [0.25, 0.3) is 0 Å². The van der Waals surface area contributed by atoms with Gasteiger partial charge in [-0.25, -0.2) is 9.97 Å². The van der Waals surface area contributed by atoms with E-state index in [1.54, 1.807) is 12.4 Å². The van der Waals surface area contributed by atoms with Crippen molar-refractivity contribution in [1.82, 2.24) is 19.9 Å². The van der Waals surface area contributed by atoms with Crippen molar-refractivity contribution in [3.05, 3.63) is 41.7 Å². The number of nitrogens with one attached hydrogen (secondary N) is 1. The maximum atomic E-state index is 5.97. The third-order valence-corrected chi connectivity index (χ3v) is 4.57. The molecule has 2 aromatic heterocycles. The lowest BCUT2D eigenvalue weighted by atomic mass is 10.2. The number of benzene rings is 1. The number of fused-ring (bicyclic) bond motifs is 1. The highest BCUT2D eigenvalue weighted by Gasteiger charge is 2.16. The lowest BCUT2D eigenvalue weighted by Gasteiger charge is -2.21. The van der Waals surface area contributed by atoms with Crippen LogP contribution in [0.15, 0.2) is 36.7 Å². The zero-order valence-electron chi connectivity index (χ0n) is 13.8. The van der Waals surface area contributed by atoms with Gasteiger partial charge in [0.2, 0.25) is 5.95 Å². The van der Waals surface area contributed by atoms with E-state index in [4.69, 9.17) is 16.6 Å². The molecule has 1 aromatic carbocycles. The molecule has 7 heteroatoms. The van der Waals surface area contributed by atoms with Crippen molar-refractivity contribution in [2.24, 2.45) is 0 Å². The molecule has 1 fully saturated rings. The Morgan fingerprint density at radius 2 is 1.60 bits per heavy atom. The van der Waals surface area contributed by atoms with E-state index in [0.717, 1.165) is 18.8 Å². The van der Waals surface area contributed by atoms with Gasteiger partial charge in [0.15, 0.2) is 17.0 Å². The summed E-state index contributed by atoms with van der Waals surface area (Å²) in [6.07, 6.45) is 8.18. The average Bonchev–Trinajstić information content (AvgIpc) is 2.93. The molecule has 0 aliphatic carbocycles. The highest BCUT2D eigenvalue weighted by atomic mass is 35.5. The molecule has 1 aliphatic heterocycles. The van der Waals surface area contributed by atoms with Crippen LogP contribution in [0.25, 0.3) is 11.2 Å². The Morgan fingerprint density at radius 1 is 0.880 bits per heavy atom. The molecular weight excluding hydrogens is 336 g/mol. The normalized spacial score (nSPS) is 15.2. The molecule has 4 rings (SSSR count). The first-order chi connectivity index (χ1) is 12.3. The van der Waals surface area contributed by atoms with Crippen LogP contribution in [0.3, 0.4) is 0 Å². The molecule has 0 unspecified atom stereocenters. The van der Waals surface area contributed by atoms with Crippen molar-refractivity contribution in [1.29, 1.82) is 0 Å². The van der Waals surface area contributed by atoms with Crippen LogP contribution >= 0.6 is 11.6 Å². The van der Waals surface area contributed by atoms with Crippen LogP contribution < -0.4 is 10.2 Å². The maximum Gasteiger partial charge on any atom is 0.229 e. The van der Waals surface area contributed by atoms with E-state index in [-0.39, 0.29) is 0 Å². The van der Waals surface area contributed by atoms with Crippen LogP contribution in [0, 0.1) is 0 Å². The minimum Gasteiger partial charge on any atom is -0.341 e. The van der Waals surface area contributed by atoms with Gasteiger partial charge < -0.3 is 10.2 Å². The molecule has 3 heterocycles. The summed E-state index contributed by atoms with van der Waals surface area (Å²) in [4.78, 5) is 20.4. The molecule has 1 N–H and O–H groups in total. The van der Waals surface area contributed by atoms with Gasteiger partial charge in [0, 0.05) is 36.2 Å². The van der Waals surface area contributed by atoms with Crippen LogP contribution in [-0.2, 0) is 0 Å².